The molecule has 0 unspecified atom stereocenters. The minimum absolute atomic E-state index is 0.0532. The van der Waals surface area contributed by atoms with Crippen molar-refractivity contribution in [2.24, 2.45) is 4.99 Å². The predicted molar refractivity (Wildman–Crippen MR) is 75.2 cm³/mol. The second-order valence-corrected chi connectivity index (χ2v) is 4.37. The largest absolute Gasteiger partial charge is 0.386 e. The van der Waals surface area contributed by atoms with Crippen LogP contribution in [0.2, 0.25) is 0 Å². The Morgan fingerprint density at radius 2 is 2.26 bits per heavy atom. The number of hydrogen-bond donors (Lipinski definition) is 2. The van der Waals surface area contributed by atoms with E-state index in [0.717, 1.165) is 6.29 Å². The van der Waals surface area contributed by atoms with Crippen LogP contribution in [-0.2, 0) is 11.3 Å². The van der Waals surface area contributed by atoms with E-state index in [1.165, 1.54) is 5.56 Å². The van der Waals surface area contributed by atoms with Crippen LogP contribution in [0.15, 0.2) is 47.1 Å². The van der Waals surface area contributed by atoms with Gasteiger partial charge in [-0.3, -0.25) is 9.79 Å². The number of nitrogens with one attached hydrogen (secondary N) is 2. The number of hydrogen-bond acceptors (Lipinski definition) is 5. The van der Waals surface area contributed by atoms with Gasteiger partial charge in [0.1, 0.15) is 12.5 Å². The van der Waals surface area contributed by atoms with E-state index < -0.39 is 0 Å². The monoisotopic (exact) mass is 258 g/mol. The molecule has 19 heavy (non-hydrogen) atoms. The van der Waals surface area contributed by atoms with Crippen molar-refractivity contribution in [1.29, 1.82) is 0 Å². The lowest BCUT2D eigenvalue weighted by Gasteiger charge is -2.19. The lowest BCUT2D eigenvalue weighted by atomic mass is 10.2. The van der Waals surface area contributed by atoms with Gasteiger partial charge in [0.05, 0.1) is 12.9 Å². The van der Waals surface area contributed by atoms with E-state index in [0.29, 0.717) is 18.7 Å². The molecule has 1 aliphatic rings. The van der Waals surface area contributed by atoms with Gasteiger partial charge in [0.15, 0.2) is 0 Å². The second-order valence-electron chi connectivity index (χ2n) is 4.37. The highest BCUT2D eigenvalue weighted by Gasteiger charge is 2.16. The van der Waals surface area contributed by atoms with Crippen LogP contribution < -0.4 is 10.7 Å². The maximum atomic E-state index is 11.0. The highest BCUT2D eigenvalue weighted by molar-refractivity contribution is 5.73. The molecule has 1 heterocycles. The van der Waals surface area contributed by atoms with Crippen LogP contribution in [0.5, 0.6) is 0 Å². The molecule has 1 aliphatic heterocycles. The first kappa shape index (κ1) is 13.3. The Balaban J connectivity index is 1.84. The van der Waals surface area contributed by atoms with E-state index in [-0.39, 0.29) is 6.17 Å². The number of carbonyl (C=O) groups is 1. The van der Waals surface area contributed by atoms with E-state index in [1.54, 1.807) is 12.5 Å². The third-order valence-corrected chi connectivity index (χ3v) is 2.91. The summed E-state index contributed by atoms with van der Waals surface area (Å²) in [5.74, 6) is 0. The fraction of sp³-hybridized carbons (Fsp3) is 0.286. The Morgan fingerprint density at radius 1 is 1.47 bits per heavy atom. The Morgan fingerprint density at radius 3 is 2.89 bits per heavy atom. The van der Waals surface area contributed by atoms with Gasteiger partial charge in [0, 0.05) is 18.3 Å². The average molecular weight is 258 g/mol. The molecule has 0 saturated heterocycles. The number of nitrogens with zero attached hydrogens (tertiary/aromatic N) is 2. The summed E-state index contributed by atoms with van der Waals surface area (Å²) in [5, 5.41) is 5.05. The van der Waals surface area contributed by atoms with Gasteiger partial charge in [-0.2, -0.15) is 5.01 Å². The van der Waals surface area contributed by atoms with E-state index in [1.807, 2.05) is 42.3 Å². The van der Waals surface area contributed by atoms with Crippen molar-refractivity contribution < 1.29 is 4.79 Å². The Bertz CT molecular complexity index is 470. The van der Waals surface area contributed by atoms with Crippen LogP contribution in [0.1, 0.15) is 12.5 Å². The molecule has 0 saturated carbocycles. The van der Waals surface area contributed by atoms with Gasteiger partial charge in [0.2, 0.25) is 0 Å². The predicted octanol–water partition coefficient (Wildman–Crippen LogP) is 1.05. The summed E-state index contributed by atoms with van der Waals surface area (Å²) in [7, 11) is 0. The Kier molecular flexibility index (Phi) is 4.69. The molecule has 5 nitrogen and oxygen atoms in total. The summed E-state index contributed by atoms with van der Waals surface area (Å²) in [6.45, 7) is 3.19. The van der Waals surface area contributed by atoms with Crippen molar-refractivity contribution in [2.75, 3.05) is 6.54 Å². The number of benzene rings is 1. The fourth-order valence-electron chi connectivity index (χ4n) is 1.79. The second kappa shape index (κ2) is 6.70. The SMILES string of the molecule is C[C@H]1N=CNN1C/C(C=O)=C\NCc1ccccc1. The van der Waals surface area contributed by atoms with E-state index in [4.69, 9.17) is 0 Å². The molecule has 0 fully saturated rings. The quantitative estimate of drug-likeness (QED) is 0.591. The number of aldehydes is 1. The third-order valence-electron chi connectivity index (χ3n) is 2.91. The summed E-state index contributed by atoms with van der Waals surface area (Å²) < 4.78 is 0. The van der Waals surface area contributed by atoms with Crippen LogP contribution in [-0.4, -0.2) is 30.3 Å². The van der Waals surface area contributed by atoms with Crippen LogP contribution in [0.4, 0.5) is 0 Å². The van der Waals surface area contributed by atoms with Gasteiger partial charge in [-0.25, -0.2) is 0 Å². The maximum absolute atomic E-state index is 11.0. The molecule has 5 heteroatoms. The molecule has 0 amide bonds. The highest BCUT2D eigenvalue weighted by Crippen LogP contribution is 2.04. The molecule has 0 radical (unpaired) electrons. The van der Waals surface area contributed by atoms with Gasteiger partial charge in [-0.15, -0.1) is 0 Å². The van der Waals surface area contributed by atoms with Crippen LogP contribution >= 0.6 is 0 Å². The van der Waals surface area contributed by atoms with Gasteiger partial charge in [-0.1, -0.05) is 30.3 Å². The van der Waals surface area contributed by atoms with Crippen LogP contribution in [0.25, 0.3) is 0 Å². The molecule has 1 aromatic rings. The average Bonchev–Trinajstić information content (AvgIpc) is 2.84. The lowest BCUT2D eigenvalue weighted by molar-refractivity contribution is -0.105. The number of rotatable bonds is 6. The van der Waals surface area contributed by atoms with Gasteiger partial charge < -0.3 is 10.7 Å². The third kappa shape index (κ3) is 3.93. The molecule has 0 aliphatic carbocycles. The molecule has 0 bridgehead atoms. The summed E-state index contributed by atoms with van der Waals surface area (Å²) in [6, 6.07) is 10.1. The minimum Gasteiger partial charge on any atom is -0.386 e. The lowest BCUT2D eigenvalue weighted by Crippen LogP contribution is -2.38. The van der Waals surface area contributed by atoms with Crippen molar-refractivity contribution in [3.8, 4) is 0 Å². The smallest absolute Gasteiger partial charge is 0.148 e. The summed E-state index contributed by atoms with van der Waals surface area (Å²) in [6.07, 6.45) is 4.32. The zero-order valence-corrected chi connectivity index (χ0v) is 10.9. The molecule has 2 N–H and O–H groups in total. The standard InChI is InChI=1S/C14H18N4O/c1-12-16-11-17-18(12)9-14(10-19)8-15-7-13-5-3-2-4-6-13/h2-6,8,10-12,15H,7,9H2,1H3,(H,16,17)/b14-8+/t12-/m0/s1. The molecular formula is C14H18N4O. The Labute approximate surface area is 113 Å². The normalized spacial score (nSPS) is 19.2. The molecule has 0 spiro atoms. The van der Waals surface area contributed by atoms with Gasteiger partial charge >= 0.3 is 0 Å². The zero-order chi connectivity index (χ0) is 13.5. The summed E-state index contributed by atoms with van der Waals surface area (Å²) >= 11 is 0. The first-order chi connectivity index (χ1) is 9.29. The number of aliphatic imine (C=N–C) groups is 1. The molecular weight excluding hydrogens is 240 g/mol. The summed E-state index contributed by atoms with van der Waals surface area (Å²) in [4.78, 5) is 15.2. The van der Waals surface area contributed by atoms with Crippen LogP contribution in [0.3, 0.4) is 0 Å². The van der Waals surface area contributed by atoms with Crippen molar-refractivity contribution in [3.05, 3.63) is 47.7 Å². The number of carbonyl (C=O) groups excluding carboxylic acids is 1. The summed E-state index contributed by atoms with van der Waals surface area (Å²) in [5.41, 5.74) is 4.86. The maximum Gasteiger partial charge on any atom is 0.148 e. The highest BCUT2D eigenvalue weighted by atomic mass is 16.1. The van der Waals surface area contributed by atoms with Crippen LogP contribution in [0, 0.1) is 0 Å². The fourth-order valence-corrected chi connectivity index (χ4v) is 1.79. The van der Waals surface area contributed by atoms with Gasteiger partial charge in [-0.05, 0) is 12.5 Å². The molecule has 0 aromatic heterocycles. The van der Waals surface area contributed by atoms with E-state index >= 15 is 0 Å². The topological polar surface area (TPSA) is 56.7 Å². The number of hydrazine groups is 1. The van der Waals surface area contributed by atoms with Crippen molar-refractivity contribution in [3.63, 3.8) is 0 Å². The zero-order valence-electron chi connectivity index (χ0n) is 10.9. The molecule has 1 aromatic carbocycles. The van der Waals surface area contributed by atoms with Crippen molar-refractivity contribution in [1.82, 2.24) is 15.8 Å². The van der Waals surface area contributed by atoms with Crippen molar-refractivity contribution >= 4 is 12.6 Å². The van der Waals surface area contributed by atoms with Gasteiger partial charge in [0.25, 0.3) is 0 Å². The molecule has 100 valence electrons. The van der Waals surface area contributed by atoms with Crippen molar-refractivity contribution in [2.45, 2.75) is 19.6 Å². The Hall–Kier alpha value is -2.14. The first-order valence-corrected chi connectivity index (χ1v) is 6.25. The first-order valence-electron chi connectivity index (χ1n) is 6.25. The van der Waals surface area contributed by atoms with E-state index in [9.17, 15) is 4.79 Å². The minimum atomic E-state index is 0.0532. The molecule has 2 rings (SSSR count). The van der Waals surface area contributed by atoms with E-state index in [2.05, 4.69) is 15.7 Å². The molecule has 1 atom stereocenters.